The van der Waals surface area contributed by atoms with Gasteiger partial charge in [-0.1, -0.05) is 72.8 Å². The van der Waals surface area contributed by atoms with Crippen molar-refractivity contribution in [2.45, 2.75) is 24.0 Å². The second-order valence-corrected chi connectivity index (χ2v) is 12.4. The molecule has 7 rings (SSSR count). The van der Waals surface area contributed by atoms with Crippen LogP contribution in [-0.4, -0.2) is 69.4 Å². The number of anilines is 1. The lowest BCUT2D eigenvalue weighted by molar-refractivity contribution is -0.153. The number of benzene rings is 4. The van der Waals surface area contributed by atoms with E-state index in [-0.39, 0.29) is 39.1 Å². The molecule has 0 aliphatic carbocycles. The first-order chi connectivity index (χ1) is 26.7. The quantitative estimate of drug-likeness (QED) is 0.141. The van der Waals surface area contributed by atoms with Crippen LogP contribution in [0.4, 0.5) is 5.82 Å². The standard InChI is InChI=1S/C41H32N4O10/c42-34-31-30(46)21-22-45(35(31)44-25-43-34)36-32(53-39(49)28-17-9-3-10-18-28)33(54-40(50)29-19-11-4-12-20-29)41(55-36,23-51-37(47)26-13-5-1-6-14-26)24-52-38(48)27-15-7-2-8-16-27/h1-22,25,32-33,36H,23-24H2,(H2,42,43,44)/t32-,33+,36-/m1/s1. The Kier molecular flexibility index (Phi) is 10.4. The van der Waals surface area contributed by atoms with E-state index in [4.69, 9.17) is 29.4 Å². The van der Waals surface area contributed by atoms with Gasteiger partial charge in [-0.25, -0.2) is 29.1 Å². The highest BCUT2D eigenvalue weighted by molar-refractivity contribution is 5.92. The molecule has 0 unspecified atom stereocenters. The first kappa shape index (κ1) is 36.2. The predicted molar refractivity (Wildman–Crippen MR) is 196 cm³/mol. The molecule has 6 aromatic rings. The lowest BCUT2D eigenvalue weighted by Gasteiger charge is -2.33. The molecule has 0 radical (unpaired) electrons. The van der Waals surface area contributed by atoms with Gasteiger partial charge in [0.15, 0.2) is 35.1 Å². The van der Waals surface area contributed by atoms with E-state index in [1.807, 2.05) is 0 Å². The van der Waals surface area contributed by atoms with E-state index in [0.717, 1.165) is 6.33 Å². The summed E-state index contributed by atoms with van der Waals surface area (Å²) in [6.45, 7) is -1.36. The minimum absolute atomic E-state index is 0.0164. The van der Waals surface area contributed by atoms with Gasteiger partial charge in [-0.3, -0.25) is 4.79 Å². The summed E-state index contributed by atoms with van der Waals surface area (Å²) in [5.74, 6) is -3.38. The van der Waals surface area contributed by atoms with Crippen molar-refractivity contribution in [3.05, 3.63) is 172 Å². The molecular weight excluding hydrogens is 708 g/mol. The number of aromatic nitrogens is 3. The largest absolute Gasteiger partial charge is 0.459 e. The zero-order valence-corrected chi connectivity index (χ0v) is 28.9. The molecule has 0 bridgehead atoms. The summed E-state index contributed by atoms with van der Waals surface area (Å²) in [6, 6.07) is 33.4. The summed E-state index contributed by atoms with van der Waals surface area (Å²) in [5.41, 5.74) is 4.21. The average Bonchev–Trinajstić information content (AvgIpc) is 3.51. The molecule has 1 saturated heterocycles. The number of carbonyl (C=O) groups excluding carboxylic acids is 4. The van der Waals surface area contributed by atoms with Crippen LogP contribution in [0.5, 0.6) is 0 Å². The van der Waals surface area contributed by atoms with Crippen molar-refractivity contribution in [1.29, 1.82) is 0 Å². The smallest absolute Gasteiger partial charge is 0.338 e. The minimum Gasteiger partial charge on any atom is -0.459 e. The Labute approximate surface area is 313 Å². The van der Waals surface area contributed by atoms with Crippen molar-refractivity contribution in [3.63, 3.8) is 0 Å². The second-order valence-electron chi connectivity index (χ2n) is 12.4. The third-order valence-corrected chi connectivity index (χ3v) is 8.87. The van der Waals surface area contributed by atoms with Crippen molar-refractivity contribution in [1.82, 2.24) is 14.5 Å². The predicted octanol–water partition coefficient (Wildman–Crippen LogP) is 4.81. The minimum atomic E-state index is -2.06. The molecule has 0 spiro atoms. The zero-order valence-electron chi connectivity index (χ0n) is 28.9. The molecule has 0 amide bonds. The molecule has 1 aliphatic rings. The van der Waals surface area contributed by atoms with Crippen LogP contribution in [-0.2, 0) is 23.7 Å². The van der Waals surface area contributed by atoms with Crippen LogP contribution in [0.2, 0.25) is 0 Å². The van der Waals surface area contributed by atoms with Gasteiger partial charge in [0.2, 0.25) is 0 Å². The number of rotatable bonds is 11. The number of fused-ring (bicyclic) bond motifs is 1. The number of ether oxygens (including phenoxy) is 5. The zero-order chi connectivity index (χ0) is 38.4. The van der Waals surface area contributed by atoms with Gasteiger partial charge < -0.3 is 34.0 Å². The molecular formula is C41H32N4O10. The topological polar surface area (TPSA) is 188 Å². The molecule has 2 N–H and O–H groups in total. The number of nitrogens with two attached hydrogens (primary N) is 1. The highest BCUT2D eigenvalue weighted by Crippen LogP contribution is 2.43. The molecule has 3 heterocycles. The Balaban J connectivity index is 1.39. The first-order valence-corrected chi connectivity index (χ1v) is 17.0. The van der Waals surface area contributed by atoms with E-state index in [1.54, 1.807) is 72.8 Å². The van der Waals surface area contributed by atoms with E-state index in [2.05, 4.69) is 9.97 Å². The first-order valence-electron chi connectivity index (χ1n) is 17.0. The lowest BCUT2D eigenvalue weighted by Crippen LogP contribution is -2.54. The fourth-order valence-corrected chi connectivity index (χ4v) is 6.15. The molecule has 14 nitrogen and oxygen atoms in total. The number of carbonyl (C=O) groups is 4. The summed E-state index contributed by atoms with van der Waals surface area (Å²) in [7, 11) is 0. The SMILES string of the molecule is Nc1ncnc2c1c(=O)ccn2[C@@H]1OC(COC(=O)c2ccccc2)(COC(=O)c2ccccc2)[C@@H](OC(=O)c2ccccc2)[C@H]1OC(=O)c1ccccc1. The van der Waals surface area contributed by atoms with Gasteiger partial charge in [0.25, 0.3) is 0 Å². The Hall–Kier alpha value is -7.19. The molecule has 0 saturated carbocycles. The summed E-state index contributed by atoms with van der Waals surface area (Å²) in [5, 5.41) is -0.0666. The molecule has 276 valence electrons. The van der Waals surface area contributed by atoms with Crippen LogP contribution in [0.25, 0.3) is 11.0 Å². The molecule has 3 atom stereocenters. The Bertz CT molecular complexity index is 2340. The van der Waals surface area contributed by atoms with Gasteiger partial charge in [0.1, 0.15) is 30.7 Å². The average molecular weight is 741 g/mol. The Morgan fingerprint density at radius 1 is 0.636 bits per heavy atom. The van der Waals surface area contributed by atoms with Crippen LogP contribution < -0.4 is 11.2 Å². The summed E-state index contributed by atoms with van der Waals surface area (Å²) >= 11 is 0. The molecule has 2 aromatic heterocycles. The molecule has 55 heavy (non-hydrogen) atoms. The van der Waals surface area contributed by atoms with Gasteiger partial charge in [-0.05, 0) is 48.5 Å². The molecule has 1 aliphatic heterocycles. The third kappa shape index (κ3) is 7.65. The Morgan fingerprint density at radius 3 is 1.58 bits per heavy atom. The van der Waals surface area contributed by atoms with Gasteiger partial charge in [-0.15, -0.1) is 0 Å². The maximum Gasteiger partial charge on any atom is 0.338 e. The molecule has 14 heteroatoms. The number of nitrogen functional groups attached to an aromatic ring is 1. The highest BCUT2D eigenvalue weighted by atomic mass is 16.7. The van der Waals surface area contributed by atoms with E-state index in [0.29, 0.717) is 0 Å². The monoisotopic (exact) mass is 740 g/mol. The van der Waals surface area contributed by atoms with Crippen LogP contribution >= 0.6 is 0 Å². The summed E-state index contributed by atoms with van der Waals surface area (Å²) in [6.07, 6.45) is -2.20. The fraction of sp³-hybridized carbons (Fsp3) is 0.146. The third-order valence-electron chi connectivity index (χ3n) is 8.87. The maximum atomic E-state index is 13.9. The van der Waals surface area contributed by atoms with Gasteiger partial charge in [0.05, 0.1) is 22.3 Å². The summed E-state index contributed by atoms with van der Waals surface area (Å²) in [4.78, 5) is 76.0. The van der Waals surface area contributed by atoms with Gasteiger partial charge in [-0.2, -0.15) is 0 Å². The van der Waals surface area contributed by atoms with Crippen LogP contribution in [0, 0.1) is 0 Å². The van der Waals surface area contributed by atoms with Crippen LogP contribution in [0.1, 0.15) is 47.7 Å². The fourth-order valence-electron chi connectivity index (χ4n) is 6.15. The Morgan fingerprint density at radius 2 is 1.09 bits per heavy atom. The van der Waals surface area contributed by atoms with Crippen molar-refractivity contribution in [2.75, 3.05) is 18.9 Å². The van der Waals surface area contributed by atoms with E-state index in [9.17, 15) is 24.0 Å². The van der Waals surface area contributed by atoms with E-state index >= 15 is 0 Å². The van der Waals surface area contributed by atoms with Crippen LogP contribution in [0.15, 0.2) is 145 Å². The number of nitrogens with zero attached hydrogens (tertiary/aromatic N) is 3. The van der Waals surface area contributed by atoms with Crippen molar-refractivity contribution >= 4 is 40.7 Å². The number of pyridine rings is 1. The van der Waals surface area contributed by atoms with Crippen molar-refractivity contribution in [3.8, 4) is 0 Å². The van der Waals surface area contributed by atoms with E-state index in [1.165, 1.54) is 65.4 Å². The molecule has 1 fully saturated rings. The number of hydrogen-bond donors (Lipinski definition) is 1. The molecule has 4 aromatic carbocycles. The lowest BCUT2D eigenvalue weighted by atomic mass is 9.95. The highest BCUT2D eigenvalue weighted by Gasteiger charge is 2.62. The van der Waals surface area contributed by atoms with Crippen molar-refractivity contribution in [2.24, 2.45) is 0 Å². The maximum absolute atomic E-state index is 13.9. The van der Waals surface area contributed by atoms with Crippen molar-refractivity contribution < 1.29 is 42.9 Å². The summed E-state index contributed by atoms with van der Waals surface area (Å²) < 4.78 is 32.1. The van der Waals surface area contributed by atoms with Crippen LogP contribution in [0.3, 0.4) is 0 Å². The van der Waals surface area contributed by atoms with Gasteiger partial charge in [0, 0.05) is 12.3 Å². The van der Waals surface area contributed by atoms with E-state index < -0.39 is 66.6 Å². The van der Waals surface area contributed by atoms with Gasteiger partial charge >= 0.3 is 23.9 Å². The number of hydrogen-bond acceptors (Lipinski definition) is 13. The number of esters is 4. The normalized spacial score (nSPS) is 17.2. The second kappa shape index (κ2) is 15.8.